The SMILES string of the molecule is C[C@@H](NC(=O)[C@@H]1CS[C@H]2c3ccccc3C(=O)N12)C(=O)O. The summed E-state index contributed by atoms with van der Waals surface area (Å²) in [7, 11) is 0. The van der Waals surface area contributed by atoms with Crippen molar-refractivity contribution < 1.29 is 19.5 Å². The van der Waals surface area contributed by atoms with Crippen LogP contribution in [0.5, 0.6) is 0 Å². The Bertz CT molecular complexity index is 633. The second-order valence-electron chi connectivity index (χ2n) is 5.07. The molecule has 1 saturated heterocycles. The summed E-state index contributed by atoms with van der Waals surface area (Å²) in [6.07, 6.45) is 0. The Morgan fingerprint density at radius 1 is 1.43 bits per heavy atom. The van der Waals surface area contributed by atoms with Crippen molar-refractivity contribution in [2.45, 2.75) is 24.4 Å². The fraction of sp³-hybridized carbons (Fsp3) is 0.357. The van der Waals surface area contributed by atoms with Gasteiger partial charge in [-0.25, -0.2) is 0 Å². The third-order valence-corrected chi connectivity index (χ3v) is 5.03. The molecule has 2 aliphatic heterocycles. The van der Waals surface area contributed by atoms with Gasteiger partial charge >= 0.3 is 5.97 Å². The molecular formula is C14H14N2O4S. The Morgan fingerprint density at radius 3 is 2.86 bits per heavy atom. The van der Waals surface area contributed by atoms with E-state index in [1.54, 1.807) is 17.0 Å². The van der Waals surface area contributed by atoms with Gasteiger partial charge in [-0.05, 0) is 18.6 Å². The molecule has 0 aromatic heterocycles. The van der Waals surface area contributed by atoms with Gasteiger partial charge in [0.1, 0.15) is 17.5 Å². The number of benzene rings is 1. The van der Waals surface area contributed by atoms with E-state index in [2.05, 4.69) is 5.32 Å². The minimum absolute atomic E-state index is 0.149. The summed E-state index contributed by atoms with van der Waals surface area (Å²) in [6, 6.07) is 5.72. The molecule has 0 unspecified atom stereocenters. The number of carboxylic acid groups (broad SMARTS) is 1. The fourth-order valence-corrected chi connectivity index (χ4v) is 4.08. The fourth-order valence-electron chi connectivity index (χ4n) is 2.61. The second-order valence-corrected chi connectivity index (χ2v) is 6.18. The highest BCUT2D eigenvalue weighted by Gasteiger charge is 2.48. The summed E-state index contributed by atoms with van der Waals surface area (Å²) in [6.45, 7) is 1.40. The van der Waals surface area contributed by atoms with E-state index in [-0.39, 0.29) is 11.3 Å². The Kier molecular flexibility index (Phi) is 3.36. The van der Waals surface area contributed by atoms with E-state index >= 15 is 0 Å². The first kappa shape index (κ1) is 13.9. The molecule has 2 N–H and O–H groups in total. The van der Waals surface area contributed by atoms with Crippen molar-refractivity contribution in [3.8, 4) is 0 Å². The molecule has 0 radical (unpaired) electrons. The van der Waals surface area contributed by atoms with Crippen LogP contribution in [0.2, 0.25) is 0 Å². The van der Waals surface area contributed by atoms with E-state index < -0.39 is 24.0 Å². The van der Waals surface area contributed by atoms with Crippen molar-refractivity contribution in [1.82, 2.24) is 10.2 Å². The Balaban J connectivity index is 1.82. The Labute approximate surface area is 125 Å². The lowest BCUT2D eigenvalue weighted by atomic mass is 10.1. The molecule has 1 aromatic carbocycles. The zero-order valence-corrected chi connectivity index (χ0v) is 12.1. The number of hydrogen-bond donors (Lipinski definition) is 2. The summed E-state index contributed by atoms with van der Waals surface area (Å²) >= 11 is 1.53. The van der Waals surface area contributed by atoms with Crippen LogP contribution in [-0.4, -0.2) is 45.6 Å². The lowest BCUT2D eigenvalue weighted by molar-refractivity contribution is -0.141. The summed E-state index contributed by atoms with van der Waals surface area (Å²) in [5, 5.41) is 11.1. The number of aliphatic carboxylic acids is 1. The number of nitrogens with zero attached hydrogens (tertiary/aromatic N) is 1. The Morgan fingerprint density at radius 2 is 2.14 bits per heavy atom. The zero-order chi connectivity index (χ0) is 15.1. The van der Waals surface area contributed by atoms with E-state index in [1.165, 1.54) is 18.7 Å². The van der Waals surface area contributed by atoms with Crippen LogP contribution in [-0.2, 0) is 9.59 Å². The number of hydrogen-bond acceptors (Lipinski definition) is 4. The molecule has 6 nitrogen and oxygen atoms in total. The summed E-state index contributed by atoms with van der Waals surface area (Å²) in [5.74, 6) is -1.20. The van der Waals surface area contributed by atoms with Gasteiger partial charge in [-0.15, -0.1) is 11.8 Å². The van der Waals surface area contributed by atoms with Crippen LogP contribution in [0.3, 0.4) is 0 Å². The summed E-state index contributed by atoms with van der Waals surface area (Å²) in [4.78, 5) is 37.0. The van der Waals surface area contributed by atoms with Crippen LogP contribution >= 0.6 is 11.8 Å². The summed E-state index contributed by atoms with van der Waals surface area (Å²) in [5.41, 5.74) is 1.55. The van der Waals surface area contributed by atoms with Crippen molar-refractivity contribution >= 4 is 29.5 Å². The molecule has 2 amide bonds. The Hall–Kier alpha value is -2.02. The molecule has 7 heteroatoms. The average molecular weight is 306 g/mol. The number of carboxylic acids is 1. The molecule has 0 saturated carbocycles. The van der Waals surface area contributed by atoms with Gasteiger partial charge in [-0.2, -0.15) is 0 Å². The standard InChI is InChI=1S/C14H14N2O4S/c1-7(14(19)20)15-11(17)10-6-21-13-9-5-3-2-4-8(9)12(18)16(10)13/h2-5,7,10,13H,6H2,1H3,(H,15,17)(H,19,20)/t7-,10+,13+/m1/s1. The van der Waals surface area contributed by atoms with Gasteiger partial charge in [0, 0.05) is 11.3 Å². The van der Waals surface area contributed by atoms with Crippen LogP contribution in [0.1, 0.15) is 28.2 Å². The van der Waals surface area contributed by atoms with Gasteiger partial charge in [0.05, 0.1) is 0 Å². The highest BCUT2D eigenvalue weighted by molar-refractivity contribution is 7.99. The number of nitrogens with one attached hydrogen (secondary N) is 1. The molecule has 1 fully saturated rings. The van der Waals surface area contributed by atoms with Crippen LogP contribution in [0.25, 0.3) is 0 Å². The highest BCUT2D eigenvalue weighted by atomic mass is 32.2. The summed E-state index contributed by atoms with van der Waals surface area (Å²) < 4.78 is 0. The number of carbonyl (C=O) groups excluding carboxylic acids is 2. The number of thioether (sulfide) groups is 1. The third kappa shape index (κ3) is 2.17. The topological polar surface area (TPSA) is 86.7 Å². The smallest absolute Gasteiger partial charge is 0.325 e. The van der Waals surface area contributed by atoms with Crippen molar-refractivity contribution in [3.63, 3.8) is 0 Å². The molecule has 1 aromatic rings. The monoisotopic (exact) mass is 306 g/mol. The van der Waals surface area contributed by atoms with Crippen LogP contribution < -0.4 is 5.32 Å². The van der Waals surface area contributed by atoms with E-state index in [1.807, 2.05) is 12.1 Å². The molecule has 21 heavy (non-hydrogen) atoms. The first-order valence-corrected chi connectivity index (χ1v) is 7.62. The van der Waals surface area contributed by atoms with E-state index in [0.29, 0.717) is 11.3 Å². The maximum absolute atomic E-state index is 12.4. The molecule has 2 aliphatic rings. The predicted molar refractivity (Wildman–Crippen MR) is 76.8 cm³/mol. The molecule has 0 bridgehead atoms. The minimum Gasteiger partial charge on any atom is -0.480 e. The van der Waals surface area contributed by atoms with Crippen molar-refractivity contribution in [1.29, 1.82) is 0 Å². The lowest BCUT2D eigenvalue weighted by Crippen LogP contribution is -2.50. The third-order valence-electron chi connectivity index (χ3n) is 3.72. The van der Waals surface area contributed by atoms with E-state index in [4.69, 9.17) is 5.11 Å². The molecular weight excluding hydrogens is 292 g/mol. The van der Waals surface area contributed by atoms with Crippen molar-refractivity contribution in [3.05, 3.63) is 35.4 Å². The van der Waals surface area contributed by atoms with Gasteiger partial charge in [-0.1, -0.05) is 18.2 Å². The quantitative estimate of drug-likeness (QED) is 0.864. The van der Waals surface area contributed by atoms with Gasteiger partial charge < -0.3 is 15.3 Å². The van der Waals surface area contributed by atoms with E-state index in [0.717, 1.165) is 5.56 Å². The zero-order valence-electron chi connectivity index (χ0n) is 11.3. The lowest BCUT2D eigenvalue weighted by Gasteiger charge is -2.23. The molecule has 3 rings (SSSR count). The van der Waals surface area contributed by atoms with Gasteiger partial charge in [0.2, 0.25) is 5.91 Å². The molecule has 0 aliphatic carbocycles. The number of fused-ring (bicyclic) bond motifs is 3. The first-order chi connectivity index (χ1) is 10.0. The highest BCUT2D eigenvalue weighted by Crippen LogP contribution is 2.47. The maximum atomic E-state index is 12.4. The number of rotatable bonds is 3. The minimum atomic E-state index is -1.10. The number of carbonyl (C=O) groups is 3. The van der Waals surface area contributed by atoms with Crippen LogP contribution in [0, 0.1) is 0 Å². The normalized spacial score (nSPS) is 24.4. The predicted octanol–water partition coefficient (Wildman–Crippen LogP) is 0.846. The van der Waals surface area contributed by atoms with E-state index in [9.17, 15) is 14.4 Å². The maximum Gasteiger partial charge on any atom is 0.325 e. The molecule has 110 valence electrons. The van der Waals surface area contributed by atoms with Gasteiger partial charge in [0.25, 0.3) is 5.91 Å². The van der Waals surface area contributed by atoms with Crippen molar-refractivity contribution in [2.75, 3.05) is 5.75 Å². The molecule has 3 atom stereocenters. The number of amides is 2. The van der Waals surface area contributed by atoms with Gasteiger partial charge in [0.15, 0.2) is 0 Å². The van der Waals surface area contributed by atoms with Crippen LogP contribution in [0.4, 0.5) is 0 Å². The van der Waals surface area contributed by atoms with Gasteiger partial charge in [-0.3, -0.25) is 14.4 Å². The largest absolute Gasteiger partial charge is 0.480 e. The van der Waals surface area contributed by atoms with Crippen molar-refractivity contribution in [2.24, 2.45) is 0 Å². The average Bonchev–Trinajstić information content (AvgIpc) is 3.00. The van der Waals surface area contributed by atoms with Crippen LogP contribution in [0.15, 0.2) is 24.3 Å². The molecule has 2 heterocycles. The molecule has 0 spiro atoms. The first-order valence-electron chi connectivity index (χ1n) is 6.57. The second kappa shape index (κ2) is 5.07.